The molecule has 3 N–H and O–H groups in total. The fraction of sp³-hybridized carbons (Fsp3) is 0.583. The highest BCUT2D eigenvalue weighted by molar-refractivity contribution is 6.00. The van der Waals surface area contributed by atoms with Gasteiger partial charge in [0.2, 0.25) is 18.2 Å². The maximum absolute atomic E-state index is 12.1. The van der Waals surface area contributed by atoms with Crippen LogP contribution in [0.2, 0.25) is 0 Å². The van der Waals surface area contributed by atoms with Crippen LogP contribution in [0.4, 0.5) is 0 Å². The summed E-state index contributed by atoms with van der Waals surface area (Å²) in [5.41, 5.74) is 2.55. The highest BCUT2D eigenvalue weighted by Crippen LogP contribution is 2.17. The van der Waals surface area contributed by atoms with Gasteiger partial charge < -0.3 is 15.4 Å². The molecule has 1 aliphatic rings. The number of rotatable bonds is 17. The van der Waals surface area contributed by atoms with Crippen molar-refractivity contribution in [3.8, 4) is 0 Å². The number of benzene rings is 1. The molecule has 33 heavy (non-hydrogen) atoms. The molecule has 1 atom stereocenters. The molecule has 182 valence electrons. The minimum absolute atomic E-state index is 0.235. The molecule has 3 amide bonds. The highest BCUT2D eigenvalue weighted by atomic mass is 16.5. The molecular weight excluding hydrogens is 424 g/mol. The molecule has 0 radical (unpaired) electrons. The zero-order valence-electron chi connectivity index (χ0n) is 19.4. The van der Waals surface area contributed by atoms with Gasteiger partial charge >= 0.3 is 0 Å². The van der Waals surface area contributed by atoms with E-state index in [4.69, 9.17) is 4.74 Å². The van der Waals surface area contributed by atoms with Crippen molar-refractivity contribution in [1.82, 2.24) is 20.9 Å². The lowest BCUT2D eigenvalue weighted by Gasteiger charge is -2.30. The van der Waals surface area contributed by atoms with E-state index >= 15 is 0 Å². The topological polar surface area (TPSA) is 117 Å². The Hall–Kier alpha value is -2.62. The lowest BCUT2D eigenvalue weighted by atomic mass is 10.0. The molecule has 0 aromatic heterocycles. The van der Waals surface area contributed by atoms with Gasteiger partial charge in [-0.1, -0.05) is 18.2 Å². The molecule has 1 aromatic rings. The van der Waals surface area contributed by atoms with Crippen molar-refractivity contribution in [3.63, 3.8) is 0 Å². The summed E-state index contributed by atoms with van der Waals surface area (Å²) in [6.07, 6.45) is 6.21. The van der Waals surface area contributed by atoms with Gasteiger partial charge in [-0.25, -0.2) is 0 Å². The van der Waals surface area contributed by atoms with E-state index in [1.54, 1.807) is 0 Å². The number of hydrogen-bond acceptors (Lipinski definition) is 7. The van der Waals surface area contributed by atoms with Crippen molar-refractivity contribution in [2.45, 2.75) is 57.7 Å². The number of carbonyl (C=O) groups is 4. The second-order valence-corrected chi connectivity index (χ2v) is 8.31. The van der Waals surface area contributed by atoms with Gasteiger partial charge in [0.1, 0.15) is 6.29 Å². The second-order valence-electron chi connectivity index (χ2n) is 8.31. The average Bonchev–Trinajstić information content (AvgIpc) is 2.80. The SMILES string of the molecule is CN(Cc1cc(CNCCCCOCCCCNC=O)ccc1C=O)C1CCC(=O)NC1=O. The number of ether oxygens (including phenoxy) is 1. The molecule has 2 rings (SSSR count). The number of carbonyl (C=O) groups excluding carboxylic acids is 4. The van der Waals surface area contributed by atoms with Crippen molar-refractivity contribution in [2.75, 3.05) is 33.4 Å². The number of hydrogen-bond donors (Lipinski definition) is 3. The summed E-state index contributed by atoms with van der Waals surface area (Å²) < 4.78 is 5.59. The van der Waals surface area contributed by atoms with E-state index in [0.29, 0.717) is 51.1 Å². The first kappa shape index (κ1) is 26.6. The Morgan fingerprint density at radius 3 is 2.58 bits per heavy atom. The van der Waals surface area contributed by atoms with Crippen LogP contribution in [-0.2, 0) is 32.2 Å². The number of imide groups is 1. The molecule has 1 aliphatic heterocycles. The fourth-order valence-corrected chi connectivity index (χ4v) is 3.78. The van der Waals surface area contributed by atoms with E-state index in [0.717, 1.165) is 56.2 Å². The third-order valence-electron chi connectivity index (χ3n) is 5.66. The first-order chi connectivity index (χ1) is 16.0. The van der Waals surface area contributed by atoms with E-state index in [1.165, 1.54) is 0 Å². The number of nitrogens with one attached hydrogen (secondary N) is 3. The van der Waals surface area contributed by atoms with Gasteiger partial charge in [-0.05, 0) is 56.8 Å². The molecule has 9 nitrogen and oxygen atoms in total. The Balaban J connectivity index is 1.69. The lowest BCUT2D eigenvalue weighted by molar-refractivity contribution is -0.137. The van der Waals surface area contributed by atoms with Crippen LogP contribution in [0.25, 0.3) is 0 Å². The second kappa shape index (κ2) is 15.3. The first-order valence-electron chi connectivity index (χ1n) is 11.6. The van der Waals surface area contributed by atoms with Gasteiger partial charge in [0, 0.05) is 44.8 Å². The molecule has 0 bridgehead atoms. The van der Waals surface area contributed by atoms with Crippen LogP contribution in [-0.4, -0.2) is 68.8 Å². The average molecular weight is 461 g/mol. The Bertz CT molecular complexity index is 786. The Kier molecular flexibility index (Phi) is 12.3. The quantitative estimate of drug-likeness (QED) is 0.181. The zero-order valence-corrected chi connectivity index (χ0v) is 19.4. The summed E-state index contributed by atoms with van der Waals surface area (Å²) in [7, 11) is 1.84. The van der Waals surface area contributed by atoms with Crippen LogP contribution in [0.5, 0.6) is 0 Å². The molecule has 1 fully saturated rings. The minimum atomic E-state index is -0.376. The molecule has 9 heteroatoms. The van der Waals surface area contributed by atoms with Gasteiger partial charge in [0.05, 0.1) is 6.04 Å². The third kappa shape index (κ3) is 9.81. The van der Waals surface area contributed by atoms with Crippen LogP contribution in [0, 0.1) is 0 Å². The number of amides is 3. The molecule has 1 saturated heterocycles. The minimum Gasteiger partial charge on any atom is -0.381 e. The fourth-order valence-electron chi connectivity index (χ4n) is 3.78. The van der Waals surface area contributed by atoms with Gasteiger partial charge in [-0.3, -0.25) is 29.4 Å². The lowest BCUT2D eigenvalue weighted by Crippen LogP contribution is -2.51. The number of aldehydes is 1. The number of unbranched alkanes of at least 4 members (excludes halogenated alkanes) is 2. The Morgan fingerprint density at radius 1 is 1.12 bits per heavy atom. The molecule has 0 spiro atoms. The van der Waals surface area contributed by atoms with E-state index in [9.17, 15) is 19.2 Å². The van der Waals surface area contributed by atoms with Crippen LogP contribution in [0.1, 0.15) is 60.0 Å². The molecule has 1 unspecified atom stereocenters. The summed E-state index contributed by atoms with van der Waals surface area (Å²) in [6, 6.07) is 5.38. The predicted molar refractivity (Wildman–Crippen MR) is 125 cm³/mol. The maximum atomic E-state index is 12.1. The Labute approximate surface area is 195 Å². The number of piperidine rings is 1. The molecule has 1 aromatic carbocycles. The van der Waals surface area contributed by atoms with Crippen molar-refractivity contribution < 1.29 is 23.9 Å². The maximum Gasteiger partial charge on any atom is 0.243 e. The van der Waals surface area contributed by atoms with Gasteiger partial charge in [-0.2, -0.15) is 0 Å². The molecule has 1 heterocycles. The van der Waals surface area contributed by atoms with E-state index < -0.39 is 0 Å². The summed E-state index contributed by atoms with van der Waals surface area (Å²) in [5, 5.41) is 8.43. The van der Waals surface area contributed by atoms with Crippen molar-refractivity contribution in [3.05, 3.63) is 34.9 Å². The van der Waals surface area contributed by atoms with Crippen LogP contribution in [0.15, 0.2) is 18.2 Å². The van der Waals surface area contributed by atoms with Crippen molar-refractivity contribution in [1.29, 1.82) is 0 Å². The highest BCUT2D eigenvalue weighted by Gasteiger charge is 2.29. The first-order valence-corrected chi connectivity index (χ1v) is 11.6. The Morgan fingerprint density at radius 2 is 1.88 bits per heavy atom. The summed E-state index contributed by atoms with van der Waals surface area (Å²) in [6.45, 7) is 4.16. The van der Waals surface area contributed by atoms with Gasteiger partial charge in [0.25, 0.3) is 0 Å². The third-order valence-corrected chi connectivity index (χ3v) is 5.66. The normalized spacial score (nSPS) is 16.0. The molecular formula is C24H36N4O5. The number of nitrogens with zero attached hydrogens (tertiary/aromatic N) is 1. The summed E-state index contributed by atoms with van der Waals surface area (Å²) in [4.78, 5) is 47.0. The van der Waals surface area contributed by atoms with Gasteiger partial charge in [-0.15, -0.1) is 0 Å². The smallest absolute Gasteiger partial charge is 0.243 e. The van der Waals surface area contributed by atoms with Gasteiger partial charge in [0.15, 0.2) is 0 Å². The van der Waals surface area contributed by atoms with E-state index in [2.05, 4.69) is 16.0 Å². The van der Waals surface area contributed by atoms with Crippen LogP contribution < -0.4 is 16.0 Å². The summed E-state index contributed by atoms with van der Waals surface area (Å²) in [5.74, 6) is -0.514. The standard InChI is InChI=1S/C24H36N4O5/c1-28(22-8-9-23(31)27-24(22)32)16-21-14-19(6-7-20(21)17-29)15-25-10-2-4-12-33-13-5-3-11-26-18-30/h6-7,14,17-18,22,25H,2-5,8-13,15-16H2,1H3,(H,26,30)(H,27,31,32). The molecule has 0 saturated carbocycles. The van der Waals surface area contributed by atoms with E-state index in [-0.39, 0.29) is 17.9 Å². The monoisotopic (exact) mass is 460 g/mol. The molecule has 0 aliphatic carbocycles. The van der Waals surface area contributed by atoms with Crippen molar-refractivity contribution in [2.24, 2.45) is 0 Å². The van der Waals surface area contributed by atoms with E-state index in [1.807, 2.05) is 30.1 Å². The predicted octanol–water partition coefficient (Wildman–Crippen LogP) is 1.15. The largest absolute Gasteiger partial charge is 0.381 e. The van der Waals surface area contributed by atoms with Crippen LogP contribution >= 0.6 is 0 Å². The summed E-state index contributed by atoms with van der Waals surface area (Å²) >= 11 is 0. The number of likely N-dealkylation sites (N-methyl/N-ethyl adjacent to an activating group) is 1. The zero-order chi connectivity index (χ0) is 23.9. The van der Waals surface area contributed by atoms with Crippen LogP contribution in [0.3, 0.4) is 0 Å². The van der Waals surface area contributed by atoms with Crippen molar-refractivity contribution >= 4 is 24.5 Å².